The third kappa shape index (κ3) is 5.25. The van der Waals surface area contributed by atoms with Crippen molar-refractivity contribution < 1.29 is 27.8 Å². The molecule has 2 N–H and O–H groups in total. The van der Waals surface area contributed by atoms with Crippen LogP contribution in [-0.4, -0.2) is 40.6 Å². The number of nitrogens with one attached hydrogen (secondary N) is 1. The zero-order valence-electron chi connectivity index (χ0n) is 16.3. The maximum absolute atomic E-state index is 13.3. The van der Waals surface area contributed by atoms with E-state index in [-0.39, 0.29) is 23.0 Å². The summed E-state index contributed by atoms with van der Waals surface area (Å²) in [5.41, 5.74) is -1.01. The number of aliphatic hydroxyl groups is 1. The van der Waals surface area contributed by atoms with Crippen LogP contribution in [0, 0.1) is 0 Å². The van der Waals surface area contributed by atoms with E-state index in [1.165, 1.54) is 19.2 Å². The summed E-state index contributed by atoms with van der Waals surface area (Å²) in [6.07, 6.45) is -5.92. The van der Waals surface area contributed by atoms with Gasteiger partial charge in [0, 0.05) is 13.2 Å². The molecule has 0 spiro atoms. The number of carbonyl (C=O) groups is 1. The van der Waals surface area contributed by atoms with Crippen molar-refractivity contribution in [3.05, 3.63) is 82.6 Å². The lowest BCUT2D eigenvalue weighted by atomic mass is 10.0. The number of hydrogen-bond donors (Lipinski definition) is 2. The highest BCUT2D eigenvalue weighted by atomic mass is 35.5. The van der Waals surface area contributed by atoms with E-state index in [0.717, 1.165) is 4.68 Å². The predicted molar refractivity (Wildman–Crippen MR) is 108 cm³/mol. The molecule has 10 heteroatoms. The van der Waals surface area contributed by atoms with Crippen LogP contribution in [0.1, 0.15) is 27.8 Å². The van der Waals surface area contributed by atoms with E-state index < -0.39 is 29.9 Å². The molecule has 0 saturated carbocycles. The van der Waals surface area contributed by atoms with Gasteiger partial charge in [0.1, 0.15) is 11.8 Å². The molecule has 31 heavy (non-hydrogen) atoms. The van der Waals surface area contributed by atoms with Gasteiger partial charge in [-0.1, -0.05) is 54.1 Å². The van der Waals surface area contributed by atoms with Crippen molar-refractivity contribution in [2.45, 2.75) is 18.3 Å². The van der Waals surface area contributed by atoms with E-state index in [4.69, 9.17) is 16.3 Å². The Hall–Kier alpha value is -2.88. The second kappa shape index (κ2) is 9.51. The van der Waals surface area contributed by atoms with Gasteiger partial charge in [-0.25, -0.2) is 4.68 Å². The second-order valence-electron chi connectivity index (χ2n) is 6.67. The van der Waals surface area contributed by atoms with E-state index in [1.807, 2.05) is 0 Å². The lowest BCUT2D eigenvalue weighted by Gasteiger charge is -2.24. The minimum absolute atomic E-state index is 0.0752. The highest BCUT2D eigenvalue weighted by Crippen LogP contribution is 2.31. The van der Waals surface area contributed by atoms with Gasteiger partial charge in [0.15, 0.2) is 5.69 Å². The number of para-hydroxylation sites is 1. The molecule has 0 radical (unpaired) electrons. The van der Waals surface area contributed by atoms with Gasteiger partial charge in [-0.2, -0.15) is 18.3 Å². The van der Waals surface area contributed by atoms with Crippen LogP contribution in [0.15, 0.2) is 60.7 Å². The molecule has 164 valence electrons. The first kappa shape index (κ1) is 22.8. The molecular weight excluding hydrogens is 435 g/mol. The van der Waals surface area contributed by atoms with Gasteiger partial charge in [0.2, 0.25) is 0 Å². The smallest absolute Gasteiger partial charge is 0.386 e. The van der Waals surface area contributed by atoms with Crippen LogP contribution in [0.4, 0.5) is 13.2 Å². The zero-order chi connectivity index (χ0) is 22.6. The molecule has 0 aliphatic rings. The summed E-state index contributed by atoms with van der Waals surface area (Å²) >= 11 is 6.11. The molecule has 0 fully saturated rings. The van der Waals surface area contributed by atoms with Crippen LogP contribution in [0.3, 0.4) is 0 Å². The number of amides is 1. The molecular formula is C21H19ClF3N3O3. The third-order valence-electron chi connectivity index (χ3n) is 4.50. The number of nitrogens with zero attached hydrogens (tertiary/aromatic N) is 2. The molecule has 0 aliphatic carbocycles. The van der Waals surface area contributed by atoms with Crippen LogP contribution in [-0.2, 0) is 10.9 Å². The highest BCUT2D eigenvalue weighted by molar-refractivity contribution is 6.32. The van der Waals surface area contributed by atoms with Crippen LogP contribution in [0.2, 0.25) is 5.02 Å². The number of rotatable bonds is 7. The van der Waals surface area contributed by atoms with Gasteiger partial charge in [0.05, 0.1) is 23.4 Å². The quantitative estimate of drug-likeness (QED) is 0.566. The van der Waals surface area contributed by atoms with Gasteiger partial charge in [-0.15, -0.1) is 0 Å². The Bertz CT molecular complexity index is 1040. The summed E-state index contributed by atoms with van der Waals surface area (Å²) in [5, 5.41) is 16.9. The Kier molecular flexibility index (Phi) is 6.99. The Balaban J connectivity index is 1.97. The first-order chi connectivity index (χ1) is 14.7. The molecule has 3 aromatic rings. The van der Waals surface area contributed by atoms with Crippen molar-refractivity contribution in [3.63, 3.8) is 0 Å². The van der Waals surface area contributed by atoms with E-state index in [2.05, 4.69) is 10.4 Å². The largest absolute Gasteiger partial charge is 0.435 e. The number of methoxy groups -OCH3 is 1. The molecule has 6 nitrogen and oxygen atoms in total. The van der Waals surface area contributed by atoms with Crippen LogP contribution >= 0.6 is 11.6 Å². The van der Waals surface area contributed by atoms with Crippen molar-refractivity contribution in [1.29, 1.82) is 0 Å². The number of hydrogen-bond acceptors (Lipinski definition) is 4. The summed E-state index contributed by atoms with van der Waals surface area (Å²) in [6, 6.07) is 14.3. The lowest BCUT2D eigenvalue weighted by molar-refractivity contribution is -0.141. The van der Waals surface area contributed by atoms with E-state index in [9.17, 15) is 23.1 Å². The standard InChI is InChI=1S/C21H19ClF3N3O3/c1-31-12-15(19(29)13-7-3-2-4-8-13)26-20(30)17-11-18(21(23,24)25)27-28(17)16-10-6-5-9-14(16)22/h2-11,15,19,29H,12H2,1H3,(H,26,30)/t15-,19-/m0/s1. The molecule has 0 bridgehead atoms. The van der Waals surface area contributed by atoms with Gasteiger partial charge in [-0.05, 0) is 17.7 Å². The highest BCUT2D eigenvalue weighted by Gasteiger charge is 2.37. The summed E-state index contributed by atoms with van der Waals surface area (Å²) in [6.45, 7) is -0.0752. The van der Waals surface area contributed by atoms with Gasteiger partial charge >= 0.3 is 6.18 Å². The molecule has 2 aromatic carbocycles. The van der Waals surface area contributed by atoms with Crippen LogP contribution in [0.25, 0.3) is 5.69 Å². The number of aliphatic hydroxyl groups excluding tert-OH is 1. The topological polar surface area (TPSA) is 76.4 Å². The maximum atomic E-state index is 13.3. The van der Waals surface area contributed by atoms with Gasteiger partial charge in [-0.3, -0.25) is 4.79 Å². The van der Waals surface area contributed by atoms with Crippen molar-refractivity contribution in [3.8, 4) is 5.69 Å². The summed E-state index contributed by atoms with van der Waals surface area (Å²) < 4.78 is 45.8. The minimum Gasteiger partial charge on any atom is -0.386 e. The summed E-state index contributed by atoms with van der Waals surface area (Å²) in [5.74, 6) is -0.875. The SMILES string of the molecule is COC[C@H](NC(=O)c1cc(C(F)(F)F)nn1-c1ccccc1Cl)[C@@H](O)c1ccccc1. The first-order valence-corrected chi connectivity index (χ1v) is 9.55. The zero-order valence-corrected chi connectivity index (χ0v) is 17.1. The molecule has 1 aromatic heterocycles. The Morgan fingerprint density at radius 3 is 2.45 bits per heavy atom. The number of aromatic nitrogens is 2. The number of alkyl halides is 3. The van der Waals surface area contributed by atoms with Crippen molar-refractivity contribution in [2.75, 3.05) is 13.7 Å². The van der Waals surface area contributed by atoms with Crippen molar-refractivity contribution >= 4 is 17.5 Å². The lowest BCUT2D eigenvalue weighted by Crippen LogP contribution is -2.43. The predicted octanol–water partition coefficient (Wildman–Crippen LogP) is 4.02. The Morgan fingerprint density at radius 1 is 1.19 bits per heavy atom. The fourth-order valence-electron chi connectivity index (χ4n) is 3.00. The molecule has 2 atom stereocenters. The number of ether oxygens (including phenoxy) is 1. The van der Waals surface area contributed by atoms with Crippen molar-refractivity contribution in [1.82, 2.24) is 15.1 Å². The molecule has 0 aliphatic heterocycles. The van der Waals surface area contributed by atoms with E-state index in [1.54, 1.807) is 42.5 Å². The van der Waals surface area contributed by atoms with E-state index >= 15 is 0 Å². The van der Waals surface area contributed by atoms with Gasteiger partial charge < -0.3 is 15.2 Å². The molecule has 3 rings (SSSR count). The maximum Gasteiger partial charge on any atom is 0.435 e. The van der Waals surface area contributed by atoms with Gasteiger partial charge in [0.25, 0.3) is 5.91 Å². The second-order valence-corrected chi connectivity index (χ2v) is 7.07. The molecule has 0 saturated heterocycles. The normalized spacial score (nSPS) is 13.6. The summed E-state index contributed by atoms with van der Waals surface area (Å²) in [4.78, 5) is 13.0. The fourth-order valence-corrected chi connectivity index (χ4v) is 3.22. The number of benzene rings is 2. The Labute approximate surface area is 181 Å². The number of carbonyl (C=O) groups excluding carboxylic acids is 1. The molecule has 1 heterocycles. The monoisotopic (exact) mass is 453 g/mol. The molecule has 0 unspecified atom stereocenters. The van der Waals surface area contributed by atoms with Crippen LogP contribution in [0.5, 0.6) is 0 Å². The minimum atomic E-state index is -4.77. The first-order valence-electron chi connectivity index (χ1n) is 9.17. The average molecular weight is 454 g/mol. The number of halogens is 4. The summed E-state index contributed by atoms with van der Waals surface area (Å²) in [7, 11) is 1.38. The molecule has 1 amide bonds. The van der Waals surface area contributed by atoms with E-state index in [0.29, 0.717) is 11.6 Å². The fraction of sp³-hybridized carbons (Fsp3) is 0.238. The third-order valence-corrected chi connectivity index (χ3v) is 4.82. The van der Waals surface area contributed by atoms with Crippen LogP contribution < -0.4 is 5.32 Å². The van der Waals surface area contributed by atoms with Crippen molar-refractivity contribution in [2.24, 2.45) is 0 Å². The Morgan fingerprint density at radius 2 is 1.84 bits per heavy atom. The average Bonchev–Trinajstić information content (AvgIpc) is 3.20.